The van der Waals surface area contributed by atoms with Crippen LogP contribution in [0, 0.1) is 50.2 Å². The van der Waals surface area contributed by atoms with Gasteiger partial charge in [0, 0.05) is 17.4 Å². The summed E-state index contributed by atoms with van der Waals surface area (Å²) in [6.07, 6.45) is -17.8. The van der Waals surface area contributed by atoms with E-state index in [1.54, 1.807) is 0 Å². The lowest BCUT2D eigenvalue weighted by molar-refractivity contribution is -0.396. The molecule has 0 radical (unpaired) electrons. The lowest BCUT2D eigenvalue weighted by atomic mass is 9.33. The van der Waals surface area contributed by atoms with Crippen molar-refractivity contribution in [2.75, 3.05) is 26.9 Å². The molecular formula is C49H80O19. The summed E-state index contributed by atoms with van der Waals surface area (Å²) in [5, 5.41) is 121. The van der Waals surface area contributed by atoms with Gasteiger partial charge in [0.05, 0.1) is 38.6 Å². The summed E-state index contributed by atoms with van der Waals surface area (Å²) in [6, 6.07) is 0. The second-order valence-corrected chi connectivity index (χ2v) is 23.6. The lowest BCUT2D eigenvalue weighted by Crippen LogP contribution is -2.68. The Bertz CT molecular complexity index is 1860. The highest BCUT2D eigenvalue weighted by molar-refractivity contribution is 5.75. The van der Waals surface area contributed by atoms with Crippen LogP contribution < -0.4 is 0 Å². The monoisotopic (exact) mass is 973 g/mol. The molecule has 3 heterocycles. The minimum Gasteiger partial charge on any atom is -0.467 e. The third kappa shape index (κ3) is 8.08. The highest BCUT2D eigenvalue weighted by Crippen LogP contribution is 2.76. The summed E-state index contributed by atoms with van der Waals surface area (Å²) in [5.74, 6) is -0.770. The van der Waals surface area contributed by atoms with Gasteiger partial charge in [-0.1, -0.05) is 53.2 Å². The molecule has 3 saturated heterocycles. The molecule has 0 aromatic carbocycles. The Kier molecular flexibility index (Phi) is 14.6. The predicted octanol–water partition coefficient (Wildman–Crippen LogP) is -0.235. The Hall–Kier alpha value is -1.47. The number of aliphatic hydroxyl groups excluding tert-OH is 11. The van der Waals surface area contributed by atoms with Crippen LogP contribution in [0.3, 0.4) is 0 Å². The van der Waals surface area contributed by atoms with E-state index in [0.29, 0.717) is 19.3 Å². The maximum Gasteiger partial charge on any atom is 0.337 e. The molecule has 3 aliphatic heterocycles. The van der Waals surface area contributed by atoms with Gasteiger partial charge in [-0.05, 0) is 104 Å². The quantitative estimate of drug-likeness (QED) is 0.0765. The summed E-state index contributed by atoms with van der Waals surface area (Å²) in [7, 11) is 1.09. The number of carbonyl (C=O) groups excluding carboxylic acids is 1. The van der Waals surface area contributed by atoms with Crippen molar-refractivity contribution in [3.8, 4) is 0 Å². The molecule has 8 aliphatic rings. The number of carbonyl (C=O) groups is 1. The molecule has 390 valence electrons. The van der Waals surface area contributed by atoms with Crippen molar-refractivity contribution in [1.29, 1.82) is 0 Å². The number of hydrogen-bond donors (Lipinski definition) is 11. The van der Waals surface area contributed by atoms with Crippen LogP contribution in [0.15, 0.2) is 11.6 Å². The van der Waals surface area contributed by atoms with E-state index >= 15 is 0 Å². The van der Waals surface area contributed by atoms with E-state index < -0.39 is 122 Å². The highest BCUT2D eigenvalue weighted by atomic mass is 16.8. The van der Waals surface area contributed by atoms with Crippen molar-refractivity contribution in [3.63, 3.8) is 0 Å². The Morgan fingerprint density at radius 2 is 1.31 bits per heavy atom. The first-order valence-corrected chi connectivity index (χ1v) is 24.8. The van der Waals surface area contributed by atoms with Crippen molar-refractivity contribution < 1.29 is 94.1 Å². The zero-order valence-electron chi connectivity index (χ0n) is 40.8. The Labute approximate surface area is 398 Å². The van der Waals surface area contributed by atoms with E-state index in [-0.39, 0.29) is 58.0 Å². The van der Waals surface area contributed by atoms with Crippen LogP contribution in [0.1, 0.15) is 106 Å². The van der Waals surface area contributed by atoms with E-state index in [0.717, 1.165) is 45.6 Å². The number of fused-ring (bicyclic) bond motifs is 7. The SMILES string of the molecule is COC(=O)C1OC(OC2CCC3(C)C(CCC4(C)C3CC=C3C5CC(C)(CO)CC(O)C5(C)CCC34C)C2(C)CO)C(OC2OC(CO)C(O)C(O)C2OC2OC(C)C(O)C(O)C2O)C(O)C1O. The number of esters is 1. The predicted molar refractivity (Wildman–Crippen MR) is 236 cm³/mol. The molecule has 0 spiro atoms. The average Bonchev–Trinajstić information content (AvgIpc) is 3.30. The molecule has 0 bridgehead atoms. The van der Waals surface area contributed by atoms with Crippen molar-refractivity contribution in [2.45, 2.75) is 211 Å². The van der Waals surface area contributed by atoms with E-state index in [1.807, 2.05) is 6.92 Å². The Morgan fingerprint density at radius 1 is 0.662 bits per heavy atom. The van der Waals surface area contributed by atoms with Crippen LogP contribution in [0.4, 0.5) is 0 Å². The van der Waals surface area contributed by atoms with Gasteiger partial charge in [0.15, 0.2) is 25.0 Å². The van der Waals surface area contributed by atoms with Gasteiger partial charge >= 0.3 is 5.97 Å². The minimum atomic E-state index is -1.96. The molecule has 26 unspecified atom stereocenters. The van der Waals surface area contributed by atoms with Gasteiger partial charge in [-0.25, -0.2) is 4.79 Å². The smallest absolute Gasteiger partial charge is 0.337 e. The summed E-state index contributed by atoms with van der Waals surface area (Å²) in [4.78, 5) is 13.1. The van der Waals surface area contributed by atoms with Crippen molar-refractivity contribution >= 4 is 5.97 Å². The molecule has 19 nitrogen and oxygen atoms in total. The largest absolute Gasteiger partial charge is 0.467 e. The van der Waals surface area contributed by atoms with Crippen LogP contribution in [0.5, 0.6) is 0 Å². The molecule has 8 rings (SSSR count). The fourth-order valence-electron chi connectivity index (χ4n) is 15.2. The fourth-order valence-corrected chi connectivity index (χ4v) is 15.2. The van der Waals surface area contributed by atoms with Crippen LogP contribution in [-0.4, -0.2) is 193 Å². The van der Waals surface area contributed by atoms with Gasteiger partial charge in [-0.2, -0.15) is 0 Å². The zero-order valence-corrected chi connectivity index (χ0v) is 40.8. The second kappa shape index (κ2) is 18.8. The number of hydrogen-bond acceptors (Lipinski definition) is 19. The Balaban J connectivity index is 1.08. The van der Waals surface area contributed by atoms with Gasteiger partial charge in [-0.15, -0.1) is 0 Å². The third-order valence-corrected chi connectivity index (χ3v) is 20.0. The van der Waals surface area contributed by atoms with Crippen LogP contribution >= 0.6 is 0 Å². The molecule has 26 atom stereocenters. The summed E-state index contributed by atoms with van der Waals surface area (Å²) in [5.41, 5.74) is -0.790. The number of ether oxygens (including phenoxy) is 7. The molecule has 0 aromatic heterocycles. The van der Waals surface area contributed by atoms with E-state index in [4.69, 9.17) is 33.2 Å². The fraction of sp³-hybridized carbons (Fsp3) is 0.939. The van der Waals surface area contributed by atoms with Crippen LogP contribution in [0.2, 0.25) is 0 Å². The summed E-state index contributed by atoms with van der Waals surface area (Å²) >= 11 is 0. The molecule has 19 heteroatoms. The molecule has 4 saturated carbocycles. The first kappa shape index (κ1) is 52.8. The maximum atomic E-state index is 13.1. The summed E-state index contributed by atoms with van der Waals surface area (Å²) in [6.45, 7) is 13.8. The molecular weight excluding hydrogens is 893 g/mol. The van der Waals surface area contributed by atoms with Gasteiger partial charge in [0.1, 0.15) is 61.0 Å². The average molecular weight is 973 g/mol. The third-order valence-electron chi connectivity index (χ3n) is 20.0. The number of methoxy groups -OCH3 is 1. The van der Waals surface area contributed by atoms with Crippen molar-refractivity contribution in [2.24, 2.45) is 50.2 Å². The van der Waals surface area contributed by atoms with E-state index in [9.17, 15) is 61.0 Å². The minimum absolute atomic E-state index is 0.0180. The van der Waals surface area contributed by atoms with E-state index in [2.05, 4.69) is 40.7 Å². The highest BCUT2D eigenvalue weighted by Gasteiger charge is 2.70. The number of rotatable bonds is 10. The first-order chi connectivity index (χ1) is 31.8. The zero-order chi connectivity index (χ0) is 49.8. The van der Waals surface area contributed by atoms with Gasteiger partial charge in [-0.3, -0.25) is 0 Å². The molecule has 5 aliphatic carbocycles. The summed E-state index contributed by atoms with van der Waals surface area (Å²) < 4.78 is 41.6. The number of aliphatic hydroxyl groups is 11. The lowest BCUT2D eigenvalue weighted by Gasteiger charge is -2.72. The number of allylic oxidation sites excluding steroid dienone is 2. The van der Waals surface area contributed by atoms with Gasteiger partial charge in [0.2, 0.25) is 0 Å². The molecule has 11 N–H and O–H groups in total. The van der Waals surface area contributed by atoms with Gasteiger partial charge in [0.25, 0.3) is 0 Å². The topological polar surface area (TPSA) is 304 Å². The second-order valence-electron chi connectivity index (χ2n) is 23.6. The molecule has 68 heavy (non-hydrogen) atoms. The van der Waals surface area contributed by atoms with E-state index in [1.165, 1.54) is 12.5 Å². The van der Waals surface area contributed by atoms with Crippen LogP contribution in [0.25, 0.3) is 0 Å². The first-order valence-electron chi connectivity index (χ1n) is 24.8. The van der Waals surface area contributed by atoms with Crippen LogP contribution in [-0.2, 0) is 38.0 Å². The van der Waals surface area contributed by atoms with Crippen molar-refractivity contribution in [3.05, 3.63) is 11.6 Å². The van der Waals surface area contributed by atoms with Gasteiger partial charge < -0.3 is 89.3 Å². The normalized spacial score (nSPS) is 56.0. The molecule has 0 amide bonds. The molecule has 7 fully saturated rings. The van der Waals surface area contributed by atoms with Crippen molar-refractivity contribution in [1.82, 2.24) is 0 Å². The molecule has 0 aromatic rings. The standard InChI is InChI=1S/C49H80O19/c1-22-30(54)32(56)36(60)41(63-22)67-38-33(57)31(55)25(19-50)64-42(38)68-39-35(59)34(58)37(40(61)62-8)66-43(39)65-29-12-13-46(4)26(47(29,5)21-52)11-14-49(7)27(46)10-9-23-24-17-44(2,20-51)18-28(53)45(24,3)15-16-48(23,49)6/h9,22,24-39,41-43,50-60H,10-21H2,1-8H3. The maximum absolute atomic E-state index is 13.1. The Morgan fingerprint density at radius 3 is 1.94 bits per heavy atom.